The Morgan fingerprint density at radius 2 is 1.11 bits per heavy atom. The van der Waals surface area contributed by atoms with Crippen LogP contribution in [0.4, 0.5) is 0 Å². The molecule has 4 nitrogen and oxygen atoms in total. The van der Waals surface area contributed by atoms with Crippen LogP contribution in [0.1, 0.15) is 1.43 Å². The van der Waals surface area contributed by atoms with Gasteiger partial charge in [-0.2, -0.15) is 0 Å². The van der Waals surface area contributed by atoms with Gasteiger partial charge in [0.2, 0.25) is 0 Å². The Hall–Kier alpha value is 2.37. The minimum Gasteiger partial charge on any atom is -1.00 e. The zero-order chi connectivity index (χ0) is 4.50. The van der Waals surface area contributed by atoms with Gasteiger partial charge in [0.15, 0.2) is 0 Å². The van der Waals surface area contributed by atoms with Crippen LogP contribution in [-0.2, 0) is 58.2 Å². The summed E-state index contributed by atoms with van der Waals surface area (Å²) in [5.74, 6) is 0. The fourth-order valence-electron chi connectivity index (χ4n) is 0. The monoisotopic (exact) mass is 282 g/mol. The average Bonchev–Trinajstić information content (AvgIpc) is 0.722. The first-order valence-electron chi connectivity index (χ1n) is 0.783. The molecule has 0 rings (SSSR count). The Morgan fingerprint density at radius 3 is 1.11 bits per heavy atom. The van der Waals surface area contributed by atoms with E-state index in [4.69, 9.17) is 19.2 Å². The van der Waals surface area contributed by atoms with E-state index in [1.807, 2.05) is 0 Å². The third-order valence-electron chi connectivity index (χ3n) is 0. The van der Waals surface area contributed by atoms with E-state index in [1.165, 1.54) is 0 Å². The summed E-state index contributed by atoms with van der Waals surface area (Å²) in [5.41, 5.74) is 0. The van der Waals surface area contributed by atoms with Crippen LogP contribution in [0, 0.1) is 0 Å². The zero-order valence-corrected chi connectivity index (χ0v) is 10.7. The van der Waals surface area contributed by atoms with E-state index in [0.717, 1.165) is 0 Å². The van der Waals surface area contributed by atoms with Gasteiger partial charge >= 0.3 is 26.7 Å². The van der Waals surface area contributed by atoms with Crippen molar-refractivity contribution in [1.82, 2.24) is 0 Å². The SMILES string of the molecule is O=P(O)(O)O.[Fe].[Fe].[H-].[Li+].[Zn]. The predicted molar refractivity (Wildman–Crippen MR) is 15.4 cm³/mol. The first kappa shape index (κ1) is 30.1. The van der Waals surface area contributed by atoms with Crippen molar-refractivity contribution in [3.63, 3.8) is 0 Å². The van der Waals surface area contributed by atoms with Crippen molar-refractivity contribution >= 4 is 7.82 Å². The third kappa shape index (κ3) is 129. The van der Waals surface area contributed by atoms with Gasteiger partial charge in [0.05, 0.1) is 0 Å². The fourth-order valence-corrected chi connectivity index (χ4v) is 0. The predicted octanol–water partition coefficient (Wildman–Crippen LogP) is -3.82. The maximum Gasteiger partial charge on any atom is 1.00 e. The molecule has 0 aliphatic heterocycles. The Bertz CT molecular complexity index is 69.4. The number of hydrogen-bond acceptors (Lipinski definition) is 1. The first-order valence-corrected chi connectivity index (χ1v) is 2.35. The van der Waals surface area contributed by atoms with E-state index >= 15 is 0 Å². The van der Waals surface area contributed by atoms with Gasteiger partial charge in [-0.3, -0.25) is 0 Å². The summed E-state index contributed by atoms with van der Waals surface area (Å²) < 4.78 is 8.88. The molecule has 0 aromatic heterocycles. The van der Waals surface area contributed by atoms with E-state index in [2.05, 4.69) is 0 Å². The van der Waals surface area contributed by atoms with Gasteiger partial charge in [-0.25, -0.2) is 4.57 Å². The van der Waals surface area contributed by atoms with Gasteiger partial charge in [-0.05, 0) is 0 Å². The normalized spacial score (nSPS) is 6.56. The molecule has 0 aliphatic rings. The second-order valence-corrected chi connectivity index (χ2v) is 1.54. The molecule has 0 fully saturated rings. The van der Waals surface area contributed by atoms with Gasteiger partial charge in [0.25, 0.3) is 0 Å². The van der Waals surface area contributed by atoms with Crippen molar-refractivity contribution in [3.8, 4) is 0 Å². The summed E-state index contributed by atoms with van der Waals surface area (Å²) in [7, 11) is -4.64. The van der Waals surface area contributed by atoms with Crippen LogP contribution in [0.5, 0.6) is 0 Å². The van der Waals surface area contributed by atoms with E-state index < -0.39 is 7.82 Å². The molecule has 0 saturated heterocycles. The van der Waals surface area contributed by atoms with Crippen molar-refractivity contribution in [2.24, 2.45) is 0 Å². The fraction of sp³-hybridized carbons (Fsp3) is 0. The second kappa shape index (κ2) is 13.0. The average molecular weight is 283 g/mol. The maximum absolute atomic E-state index is 8.88. The van der Waals surface area contributed by atoms with E-state index in [0.29, 0.717) is 0 Å². The molecular weight excluding hydrogens is 279 g/mol. The third-order valence-corrected chi connectivity index (χ3v) is 0. The van der Waals surface area contributed by atoms with Crippen LogP contribution < -0.4 is 18.9 Å². The quantitative estimate of drug-likeness (QED) is 0.314. The molecule has 0 bridgehead atoms. The topological polar surface area (TPSA) is 77.8 Å². The molecule has 9 heteroatoms. The summed E-state index contributed by atoms with van der Waals surface area (Å²) in [6, 6.07) is 0. The summed E-state index contributed by atoms with van der Waals surface area (Å²) in [5, 5.41) is 0. The Kier molecular flexibility index (Phi) is 43.5. The van der Waals surface area contributed by atoms with E-state index in [9.17, 15) is 0 Å². The minimum atomic E-state index is -4.64. The van der Waals surface area contributed by atoms with Crippen LogP contribution in [0.25, 0.3) is 0 Å². The molecule has 0 saturated carbocycles. The molecule has 0 aromatic carbocycles. The van der Waals surface area contributed by atoms with Crippen molar-refractivity contribution in [1.29, 1.82) is 0 Å². The molecule has 0 spiro atoms. The van der Waals surface area contributed by atoms with E-state index in [-0.39, 0.29) is 73.9 Å². The molecule has 0 atom stereocenters. The molecule has 0 unspecified atom stereocenters. The molecule has 0 aliphatic carbocycles. The van der Waals surface area contributed by atoms with Crippen LogP contribution in [0.3, 0.4) is 0 Å². The van der Waals surface area contributed by atoms with Crippen LogP contribution >= 0.6 is 7.82 Å². The minimum absolute atomic E-state index is 0. The van der Waals surface area contributed by atoms with Gasteiger partial charge in [-0.1, -0.05) is 0 Å². The van der Waals surface area contributed by atoms with Crippen molar-refractivity contribution in [2.75, 3.05) is 0 Å². The smallest absolute Gasteiger partial charge is 1.00 e. The van der Waals surface area contributed by atoms with Crippen LogP contribution in [0.2, 0.25) is 0 Å². The number of phosphoric acid groups is 1. The standard InChI is InChI=1S/2Fe.Li.H3O4P.Zn.H/c;;;1-5(2,3)4;;/h;;;(H3,1,2,3,4);;/q;;+1;;;-1. The zero-order valence-electron chi connectivity index (χ0n) is 5.61. The molecule has 3 N–H and O–H groups in total. The molecule has 0 aromatic rings. The van der Waals surface area contributed by atoms with Crippen LogP contribution in [0.15, 0.2) is 0 Å². The number of hydrogen-bond donors (Lipinski definition) is 3. The molecule has 0 amide bonds. The Morgan fingerprint density at radius 1 is 1.11 bits per heavy atom. The van der Waals surface area contributed by atoms with E-state index in [1.54, 1.807) is 0 Å². The Balaban J connectivity index is -0.00000000800. The molecule has 9 heavy (non-hydrogen) atoms. The second-order valence-electron chi connectivity index (χ2n) is 0.513. The van der Waals surface area contributed by atoms with Crippen molar-refractivity contribution in [3.05, 3.63) is 0 Å². The van der Waals surface area contributed by atoms with Gasteiger partial charge < -0.3 is 16.1 Å². The largest absolute Gasteiger partial charge is 1.00 e. The Labute approximate surface area is 100 Å². The first-order chi connectivity index (χ1) is 2.00. The summed E-state index contributed by atoms with van der Waals surface area (Å²) in [6.07, 6.45) is 0. The summed E-state index contributed by atoms with van der Waals surface area (Å²) in [4.78, 5) is 21.6. The number of rotatable bonds is 0. The molecular formula is H4Fe2LiO4PZn. The van der Waals surface area contributed by atoms with Gasteiger partial charge in [0.1, 0.15) is 0 Å². The van der Waals surface area contributed by atoms with Crippen LogP contribution in [-0.4, -0.2) is 14.7 Å². The summed E-state index contributed by atoms with van der Waals surface area (Å²) >= 11 is 0. The van der Waals surface area contributed by atoms with Gasteiger partial charge in [0, 0.05) is 53.6 Å². The summed E-state index contributed by atoms with van der Waals surface area (Å²) in [6.45, 7) is 0. The molecule has 52 valence electrons. The van der Waals surface area contributed by atoms with Crippen molar-refractivity contribution in [2.45, 2.75) is 0 Å². The molecule has 0 radical (unpaired) electrons. The van der Waals surface area contributed by atoms with Gasteiger partial charge in [-0.15, -0.1) is 0 Å². The van der Waals surface area contributed by atoms with Crippen molar-refractivity contribution < 1.29 is 93.1 Å². The maximum atomic E-state index is 8.88. The molecule has 0 heterocycles.